The zero-order chi connectivity index (χ0) is 14.9. The van der Waals surface area contributed by atoms with E-state index in [0.29, 0.717) is 18.5 Å². The second-order valence-electron chi connectivity index (χ2n) is 5.45. The van der Waals surface area contributed by atoms with Gasteiger partial charge in [-0.25, -0.2) is 4.98 Å². The van der Waals surface area contributed by atoms with Crippen LogP contribution < -0.4 is 5.32 Å². The first-order valence-corrected chi connectivity index (χ1v) is 7.33. The lowest BCUT2D eigenvalue weighted by Gasteiger charge is -2.15. The molecule has 6 heteroatoms. The van der Waals surface area contributed by atoms with Crippen LogP contribution in [0.3, 0.4) is 0 Å². The monoisotopic (exact) mass is 340 g/mol. The van der Waals surface area contributed by atoms with Gasteiger partial charge in [0.1, 0.15) is 4.60 Å². The van der Waals surface area contributed by atoms with Crippen LogP contribution in [-0.4, -0.2) is 22.0 Å². The largest absolute Gasteiger partial charge is 0.481 e. The normalized spacial score (nSPS) is 25.4. The molecule has 0 aliphatic heterocycles. The van der Waals surface area contributed by atoms with E-state index in [1.54, 1.807) is 6.20 Å². The Kier molecular flexibility index (Phi) is 4.42. The van der Waals surface area contributed by atoms with E-state index in [0.717, 1.165) is 10.2 Å². The summed E-state index contributed by atoms with van der Waals surface area (Å²) in [5.74, 6) is -1.91. The molecule has 1 aromatic heterocycles. The molecule has 0 aromatic carbocycles. The predicted octanol–water partition coefficient (Wildman–Crippen LogP) is 2.84. The molecule has 2 rings (SSSR count). The molecule has 3 atom stereocenters. The highest BCUT2D eigenvalue weighted by Crippen LogP contribution is 2.37. The van der Waals surface area contributed by atoms with Crippen molar-refractivity contribution < 1.29 is 14.7 Å². The second kappa shape index (κ2) is 5.91. The van der Waals surface area contributed by atoms with Gasteiger partial charge < -0.3 is 10.4 Å². The fourth-order valence-corrected chi connectivity index (χ4v) is 2.93. The van der Waals surface area contributed by atoms with Gasteiger partial charge in [-0.1, -0.05) is 6.92 Å². The highest BCUT2D eigenvalue weighted by molar-refractivity contribution is 9.10. The molecule has 1 heterocycles. The zero-order valence-corrected chi connectivity index (χ0v) is 13.0. The molecule has 1 fully saturated rings. The Bertz CT molecular complexity index is 547. The summed E-state index contributed by atoms with van der Waals surface area (Å²) in [6.07, 6.45) is 2.74. The van der Waals surface area contributed by atoms with E-state index in [1.807, 2.05) is 19.9 Å². The van der Waals surface area contributed by atoms with Crippen LogP contribution >= 0.6 is 15.9 Å². The Morgan fingerprint density at radius 1 is 1.40 bits per heavy atom. The number of carboxylic acid groups (broad SMARTS) is 1. The minimum absolute atomic E-state index is 0.231. The van der Waals surface area contributed by atoms with Crippen molar-refractivity contribution in [2.24, 2.45) is 17.8 Å². The van der Waals surface area contributed by atoms with Crippen LogP contribution in [0, 0.1) is 24.7 Å². The van der Waals surface area contributed by atoms with Crippen molar-refractivity contribution in [2.75, 3.05) is 5.32 Å². The molecule has 1 aliphatic carbocycles. The van der Waals surface area contributed by atoms with E-state index in [2.05, 4.69) is 26.2 Å². The van der Waals surface area contributed by atoms with Gasteiger partial charge >= 0.3 is 5.97 Å². The first kappa shape index (κ1) is 15.0. The van der Waals surface area contributed by atoms with Gasteiger partial charge in [0.15, 0.2) is 0 Å². The lowest BCUT2D eigenvalue weighted by Crippen LogP contribution is -2.30. The Balaban J connectivity index is 2.11. The van der Waals surface area contributed by atoms with Gasteiger partial charge in [-0.05, 0) is 53.2 Å². The minimum Gasteiger partial charge on any atom is -0.481 e. The lowest BCUT2D eigenvalue weighted by molar-refractivity contribution is -0.145. The van der Waals surface area contributed by atoms with Crippen molar-refractivity contribution in [2.45, 2.75) is 26.7 Å². The number of carboxylic acids is 1. The SMILES string of the molecule is Cc1cc(NC(=O)[C@H]2CC(C)C[C@H]2C(=O)O)cnc1Br. The van der Waals surface area contributed by atoms with Gasteiger partial charge in [0.05, 0.1) is 23.7 Å². The molecule has 1 aliphatic rings. The molecule has 5 nitrogen and oxygen atoms in total. The topological polar surface area (TPSA) is 79.3 Å². The number of hydrogen-bond donors (Lipinski definition) is 2. The molecule has 1 saturated carbocycles. The summed E-state index contributed by atoms with van der Waals surface area (Å²) in [5.41, 5.74) is 1.51. The van der Waals surface area contributed by atoms with Crippen LogP contribution in [0.4, 0.5) is 5.69 Å². The fourth-order valence-electron chi connectivity index (χ4n) is 2.72. The molecule has 0 radical (unpaired) electrons. The number of hydrogen-bond acceptors (Lipinski definition) is 3. The maximum Gasteiger partial charge on any atom is 0.307 e. The molecule has 1 amide bonds. The molecule has 0 saturated heterocycles. The van der Waals surface area contributed by atoms with Crippen LogP contribution in [0.2, 0.25) is 0 Å². The van der Waals surface area contributed by atoms with Crippen molar-refractivity contribution in [1.29, 1.82) is 0 Å². The van der Waals surface area contributed by atoms with Crippen LogP contribution in [0.25, 0.3) is 0 Å². The minimum atomic E-state index is -0.889. The Morgan fingerprint density at radius 3 is 2.65 bits per heavy atom. The third-order valence-electron chi connectivity index (χ3n) is 3.73. The number of rotatable bonds is 3. The van der Waals surface area contributed by atoms with Crippen molar-refractivity contribution in [1.82, 2.24) is 4.98 Å². The van der Waals surface area contributed by atoms with Gasteiger partial charge in [-0.2, -0.15) is 0 Å². The Labute approximate surface area is 125 Å². The maximum atomic E-state index is 12.3. The van der Waals surface area contributed by atoms with E-state index < -0.39 is 17.8 Å². The third kappa shape index (κ3) is 3.17. The zero-order valence-electron chi connectivity index (χ0n) is 11.4. The number of halogens is 1. The first-order valence-electron chi connectivity index (χ1n) is 6.54. The summed E-state index contributed by atoms with van der Waals surface area (Å²) >= 11 is 3.30. The number of carbonyl (C=O) groups excluding carboxylic acids is 1. The first-order chi connectivity index (χ1) is 9.38. The van der Waals surface area contributed by atoms with Gasteiger partial charge in [-0.3, -0.25) is 9.59 Å². The Hall–Kier alpha value is -1.43. The van der Waals surface area contributed by atoms with E-state index in [9.17, 15) is 14.7 Å². The summed E-state index contributed by atoms with van der Waals surface area (Å²) in [7, 11) is 0. The summed E-state index contributed by atoms with van der Waals surface area (Å²) in [4.78, 5) is 27.6. The number of amides is 1. The molecule has 2 N–H and O–H groups in total. The van der Waals surface area contributed by atoms with Crippen LogP contribution in [0.5, 0.6) is 0 Å². The standard InChI is InChI=1S/C14H17BrN2O3/c1-7-3-10(11(4-7)14(19)20)13(18)17-9-5-8(2)12(15)16-6-9/h5-7,10-11H,3-4H2,1-2H3,(H,17,18)(H,19,20)/t7?,10-,11+/m0/s1. The van der Waals surface area contributed by atoms with Crippen LogP contribution in [-0.2, 0) is 9.59 Å². The average molecular weight is 341 g/mol. The van der Waals surface area contributed by atoms with Gasteiger partial charge in [0, 0.05) is 0 Å². The smallest absolute Gasteiger partial charge is 0.307 e. The van der Waals surface area contributed by atoms with E-state index in [1.165, 1.54) is 0 Å². The van der Waals surface area contributed by atoms with Gasteiger partial charge in [-0.15, -0.1) is 0 Å². The summed E-state index contributed by atoms with van der Waals surface area (Å²) in [6, 6.07) is 1.81. The molecule has 1 unspecified atom stereocenters. The van der Waals surface area contributed by atoms with Crippen molar-refractivity contribution in [3.8, 4) is 0 Å². The summed E-state index contributed by atoms with van der Waals surface area (Å²) in [5, 5.41) is 12.0. The van der Waals surface area contributed by atoms with Crippen LogP contribution in [0.15, 0.2) is 16.9 Å². The molecule has 108 valence electrons. The van der Waals surface area contributed by atoms with Crippen molar-refractivity contribution >= 4 is 33.5 Å². The highest BCUT2D eigenvalue weighted by Gasteiger charge is 2.41. The molecule has 20 heavy (non-hydrogen) atoms. The quantitative estimate of drug-likeness (QED) is 0.829. The van der Waals surface area contributed by atoms with E-state index in [-0.39, 0.29) is 11.8 Å². The van der Waals surface area contributed by atoms with E-state index >= 15 is 0 Å². The number of carbonyl (C=O) groups is 2. The van der Waals surface area contributed by atoms with E-state index in [4.69, 9.17) is 0 Å². The third-order valence-corrected chi connectivity index (χ3v) is 4.56. The number of aryl methyl sites for hydroxylation is 1. The van der Waals surface area contributed by atoms with Crippen molar-refractivity contribution in [3.05, 3.63) is 22.4 Å². The second-order valence-corrected chi connectivity index (χ2v) is 6.20. The average Bonchev–Trinajstić information content (AvgIpc) is 2.76. The number of aliphatic carboxylic acids is 1. The van der Waals surface area contributed by atoms with Crippen LogP contribution in [0.1, 0.15) is 25.3 Å². The van der Waals surface area contributed by atoms with Gasteiger partial charge in [0.2, 0.25) is 5.91 Å². The predicted molar refractivity (Wildman–Crippen MR) is 78.3 cm³/mol. The molecular formula is C14H17BrN2O3. The number of pyridine rings is 1. The van der Waals surface area contributed by atoms with Crippen molar-refractivity contribution in [3.63, 3.8) is 0 Å². The molecular weight excluding hydrogens is 324 g/mol. The lowest BCUT2D eigenvalue weighted by atomic mass is 9.95. The van der Waals surface area contributed by atoms with Gasteiger partial charge in [0.25, 0.3) is 0 Å². The number of anilines is 1. The molecule has 0 bridgehead atoms. The molecule has 0 spiro atoms. The maximum absolute atomic E-state index is 12.3. The number of aromatic nitrogens is 1. The highest BCUT2D eigenvalue weighted by atomic mass is 79.9. The number of nitrogens with zero attached hydrogens (tertiary/aromatic N) is 1. The molecule has 1 aromatic rings. The summed E-state index contributed by atoms with van der Waals surface area (Å²) in [6.45, 7) is 3.86. The summed E-state index contributed by atoms with van der Waals surface area (Å²) < 4.78 is 0.730. The fraction of sp³-hybridized carbons (Fsp3) is 0.500. The number of nitrogens with one attached hydrogen (secondary N) is 1. The Morgan fingerprint density at radius 2 is 2.05 bits per heavy atom.